The number of rotatable bonds is 8. The highest BCUT2D eigenvalue weighted by atomic mass is 14.1. The van der Waals surface area contributed by atoms with Crippen LogP contribution in [-0.2, 0) is 25.7 Å². The lowest BCUT2D eigenvalue weighted by molar-refractivity contribution is 1.13. The fraction of sp³-hybridized carbons (Fsp3) is 0.318. The Kier molecular flexibility index (Phi) is 24.3. The summed E-state index contributed by atoms with van der Waals surface area (Å²) in [6.07, 6.45) is 3.92. The van der Waals surface area contributed by atoms with Gasteiger partial charge in [0.05, 0.1) is 0 Å². The van der Waals surface area contributed by atoms with Crippen LogP contribution in [0.25, 0.3) is 0 Å². The predicted octanol–water partition coefficient (Wildman–Crippen LogP) is 13.2. The molecule has 0 aliphatic rings. The van der Waals surface area contributed by atoms with Gasteiger partial charge in [-0.15, -0.1) is 0 Å². The molecule has 5 aromatic rings. The van der Waals surface area contributed by atoms with Crippen LogP contribution in [0.3, 0.4) is 0 Å². The lowest BCUT2D eigenvalue weighted by Crippen LogP contribution is -1.93. The highest BCUT2D eigenvalue weighted by Gasteiger charge is 2.02. The minimum atomic E-state index is 0.972. The molecule has 0 bridgehead atoms. The van der Waals surface area contributed by atoms with Crippen LogP contribution in [0, 0.1) is 0 Å². The molecular formula is C44H60. The largest absolute Gasteiger partial charge is 0.0683 e. The second-order valence-corrected chi connectivity index (χ2v) is 9.13. The highest BCUT2D eigenvalue weighted by molar-refractivity contribution is 5.35. The van der Waals surface area contributed by atoms with E-state index < -0.39 is 0 Å². The Morgan fingerprint density at radius 3 is 0.500 bits per heavy atom. The van der Waals surface area contributed by atoms with Crippen molar-refractivity contribution in [2.24, 2.45) is 0 Å². The summed E-state index contributed by atoms with van der Waals surface area (Å²) in [5.74, 6) is 0. The Morgan fingerprint density at radius 2 is 0.341 bits per heavy atom. The second kappa shape index (κ2) is 26.7. The van der Waals surface area contributed by atoms with Crippen LogP contribution in [0.1, 0.15) is 114 Å². The maximum atomic E-state index is 2.27. The van der Waals surface area contributed by atoms with Crippen LogP contribution in [0.5, 0.6) is 0 Å². The molecule has 0 fully saturated rings. The van der Waals surface area contributed by atoms with Gasteiger partial charge < -0.3 is 0 Å². The van der Waals surface area contributed by atoms with E-state index in [4.69, 9.17) is 0 Å². The van der Waals surface area contributed by atoms with Crippen LogP contribution < -0.4 is 0 Å². The van der Waals surface area contributed by atoms with E-state index in [9.17, 15) is 0 Å². The van der Waals surface area contributed by atoms with E-state index in [1.54, 1.807) is 0 Å². The summed E-state index contributed by atoms with van der Waals surface area (Å²) >= 11 is 0. The van der Waals surface area contributed by atoms with Crippen molar-refractivity contribution < 1.29 is 0 Å². The Labute approximate surface area is 272 Å². The van der Waals surface area contributed by atoms with Gasteiger partial charge in [0.1, 0.15) is 0 Å². The van der Waals surface area contributed by atoms with E-state index in [1.165, 1.54) is 44.5 Å². The van der Waals surface area contributed by atoms with Crippen LogP contribution in [-0.4, -0.2) is 0 Å². The van der Waals surface area contributed by atoms with Crippen molar-refractivity contribution in [3.05, 3.63) is 178 Å². The van der Waals surface area contributed by atoms with Crippen molar-refractivity contribution in [3.8, 4) is 0 Å². The van der Waals surface area contributed by atoms with Crippen molar-refractivity contribution >= 4 is 0 Å². The molecule has 0 aromatic heterocycles. The Hall–Kier alpha value is -3.90. The minimum absolute atomic E-state index is 0.972. The van der Waals surface area contributed by atoms with Gasteiger partial charge in [0.2, 0.25) is 0 Å². The molecule has 0 radical (unpaired) electrons. The first-order valence-electron chi connectivity index (χ1n) is 17.1. The van der Waals surface area contributed by atoms with Gasteiger partial charge >= 0.3 is 0 Å². The van der Waals surface area contributed by atoms with Gasteiger partial charge in [0.15, 0.2) is 0 Å². The quantitative estimate of drug-likeness (QED) is 0.169. The fourth-order valence-corrected chi connectivity index (χ4v) is 4.46. The van der Waals surface area contributed by atoms with Crippen LogP contribution >= 0.6 is 0 Å². The molecule has 0 aliphatic carbocycles. The number of benzene rings is 5. The van der Waals surface area contributed by atoms with Gasteiger partial charge in [-0.25, -0.2) is 0 Å². The van der Waals surface area contributed by atoms with Crippen molar-refractivity contribution in [1.29, 1.82) is 0 Å². The topological polar surface area (TPSA) is 0 Å². The first kappa shape index (κ1) is 40.1. The lowest BCUT2D eigenvalue weighted by atomic mass is 9.98. The van der Waals surface area contributed by atoms with Gasteiger partial charge in [0.25, 0.3) is 0 Å². The van der Waals surface area contributed by atoms with Crippen LogP contribution in [0.4, 0.5) is 0 Å². The van der Waals surface area contributed by atoms with E-state index >= 15 is 0 Å². The molecule has 0 nitrogen and oxygen atoms in total. The summed E-state index contributed by atoms with van der Waals surface area (Å²) in [7, 11) is 0. The third-order valence-corrected chi connectivity index (χ3v) is 6.39. The molecule has 0 aliphatic heterocycles. The van der Waals surface area contributed by atoms with Crippen molar-refractivity contribution in [3.63, 3.8) is 0 Å². The first-order valence-corrected chi connectivity index (χ1v) is 17.1. The third-order valence-electron chi connectivity index (χ3n) is 6.39. The zero-order valence-corrected chi connectivity index (χ0v) is 29.5. The molecule has 0 saturated heterocycles. The standard InChI is InChI=1S/C34H30.5C2H6/c1-3-7-27(8-4-1)23-29-11-15-31(16-12-29)25-33-19-21-34(22-20-33)26-32-17-13-30(14-18-32)24-28-9-5-2-6-10-28;5*1-2/h1-22H,23-26H2;5*1-2H3. The summed E-state index contributed by atoms with van der Waals surface area (Å²) < 4.78 is 0. The average molecular weight is 589 g/mol. The van der Waals surface area contributed by atoms with E-state index in [2.05, 4.69) is 133 Å². The molecule has 0 N–H and O–H groups in total. The SMILES string of the molecule is CC.CC.CC.CC.CC.c1ccc(Cc2ccc(Cc3ccc(Cc4ccc(Cc5ccccc5)cc4)cc3)cc2)cc1. The summed E-state index contributed by atoms with van der Waals surface area (Å²) in [6.45, 7) is 20.0. The molecule has 5 aromatic carbocycles. The Bertz CT molecular complexity index is 1180. The maximum Gasteiger partial charge on any atom is -0.00258 e. The highest BCUT2D eigenvalue weighted by Crippen LogP contribution is 2.17. The minimum Gasteiger partial charge on any atom is -0.0683 e. The molecule has 0 saturated carbocycles. The summed E-state index contributed by atoms with van der Waals surface area (Å²) in [4.78, 5) is 0. The zero-order chi connectivity index (χ0) is 33.0. The Morgan fingerprint density at radius 1 is 0.205 bits per heavy atom. The fourth-order valence-electron chi connectivity index (χ4n) is 4.46. The molecule has 44 heavy (non-hydrogen) atoms. The lowest BCUT2D eigenvalue weighted by Gasteiger charge is -2.08. The van der Waals surface area contributed by atoms with Crippen LogP contribution in [0.2, 0.25) is 0 Å². The van der Waals surface area contributed by atoms with Gasteiger partial charge in [-0.3, -0.25) is 0 Å². The van der Waals surface area contributed by atoms with Crippen LogP contribution in [0.15, 0.2) is 133 Å². The van der Waals surface area contributed by atoms with E-state index in [0.717, 1.165) is 25.7 Å². The second-order valence-electron chi connectivity index (χ2n) is 9.13. The summed E-state index contributed by atoms with van der Waals surface area (Å²) in [5.41, 5.74) is 10.9. The maximum absolute atomic E-state index is 2.27. The van der Waals surface area contributed by atoms with Crippen molar-refractivity contribution in [1.82, 2.24) is 0 Å². The van der Waals surface area contributed by atoms with E-state index in [-0.39, 0.29) is 0 Å². The molecule has 0 heterocycles. The molecule has 0 heteroatoms. The molecular weight excluding hydrogens is 528 g/mol. The first-order chi connectivity index (χ1) is 21.8. The van der Waals surface area contributed by atoms with Crippen molar-refractivity contribution in [2.45, 2.75) is 94.9 Å². The summed E-state index contributed by atoms with van der Waals surface area (Å²) in [5, 5.41) is 0. The van der Waals surface area contributed by atoms with Gasteiger partial charge in [-0.1, -0.05) is 203 Å². The normalized spacial score (nSPS) is 9.05. The van der Waals surface area contributed by atoms with Gasteiger partial charge in [-0.2, -0.15) is 0 Å². The molecule has 0 atom stereocenters. The Balaban J connectivity index is 0.00000169. The van der Waals surface area contributed by atoms with Crippen molar-refractivity contribution in [2.75, 3.05) is 0 Å². The van der Waals surface area contributed by atoms with Gasteiger partial charge in [0, 0.05) is 0 Å². The third kappa shape index (κ3) is 15.5. The number of hydrogen-bond acceptors (Lipinski definition) is 0. The smallest absolute Gasteiger partial charge is 0.00258 e. The molecule has 5 rings (SSSR count). The van der Waals surface area contributed by atoms with E-state index in [1.807, 2.05) is 69.2 Å². The number of hydrogen-bond donors (Lipinski definition) is 0. The average Bonchev–Trinajstić information content (AvgIpc) is 3.13. The van der Waals surface area contributed by atoms with E-state index in [0.29, 0.717) is 0 Å². The zero-order valence-electron chi connectivity index (χ0n) is 29.5. The molecule has 0 unspecified atom stereocenters. The molecule has 0 spiro atoms. The molecule has 0 amide bonds. The van der Waals surface area contributed by atoms with Gasteiger partial charge in [-0.05, 0) is 70.2 Å². The molecule has 236 valence electrons. The monoisotopic (exact) mass is 588 g/mol. The predicted molar refractivity (Wildman–Crippen MR) is 200 cm³/mol. The summed E-state index contributed by atoms with van der Waals surface area (Å²) in [6, 6.07) is 48.5.